The molecule has 0 radical (unpaired) electrons. The number of fused-ring (bicyclic) bond motifs is 10. The monoisotopic (exact) mass is 656 g/mol. The summed E-state index contributed by atoms with van der Waals surface area (Å²) in [7, 11) is 0. The Morgan fingerprint density at radius 1 is 0.600 bits per heavy atom. The average molecular weight is 657 g/mol. The summed E-state index contributed by atoms with van der Waals surface area (Å²) in [5, 5.41) is 27.0. The van der Waals surface area contributed by atoms with Gasteiger partial charge in [0.15, 0.2) is 0 Å². The lowest BCUT2D eigenvalue weighted by atomic mass is 9.98. The van der Waals surface area contributed by atoms with E-state index < -0.39 is 0 Å². The molecule has 0 saturated heterocycles. The summed E-state index contributed by atoms with van der Waals surface area (Å²) in [6, 6.07) is 45.0. The average Bonchev–Trinajstić information content (AvgIpc) is 3.82. The van der Waals surface area contributed by atoms with Gasteiger partial charge in [0.2, 0.25) is 0 Å². The quantitative estimate of drug-likeness (QED) is 0.189. The van der Waals surface area contributed by atoms with E-state index in [1.807, 2.05) is 47.7 Å². The lowest BCUT2D eigenvalue weighted by Crippen LogP contribution is -2.02. The Bertz CT molecular complexity index is 3040. The van der Waals surface area contributed by atoms with Crippen LogP contribution in [0.1, 0.15) is 24.0 Å². The molecule has 0 amide bonds. The lowest BCUT2D eigenvalue weighted by molar-refractivity contribution is 0.784. The highest BCUT2D eigenvalue weighted by Crippen LogP contribution is 2.47. The highest BCUT2D eigenvalue weighted by atomic mass is 32.1. The zero-order valence-electron chi connectivity index (χ0n) is 27.0. The van der Waals surface area contributed by atoms with Crippen molar-refractivity contribution in [3.63, 3.8) is 0 Å². The molecule has 1 aliphatic carbocycles. The van der Waals surface area contributed by atoms with E-state index in [4.69, 9.17) is 0 Å². The van der Waals surface area contributed by atoms with E-state index in [0.29, 0.717) is 11.1 Å². The van der Waals surface area contributed by atoms with Crippen LogP contribution in [0.2, 0.25) is 0 Å². The molecule has 0 bridgehead atoms. The Labute approximate surface area is 292 Å². The third-order valence-corrected chi connectivity index (χ3v) is 11.6. The van der Waals surface area contributed by atoms with Crippen LogP contribution in [-0.4, -0.2) is 9.13 Å². The minimum Gasteiger partial charge on any atom is -0.335 e. The van der Waals surface area contributed by atoms with Crippen LogP contribution >= 0.6 is 11.3 Å². The molecular weight excluding hydrogens is 629 g/mol. The van der Waals surface area contributed by atoms with E-state index in [9.17, 15) is 10.5 Å². The topological polar surface area (TPSA) is 57.4 Å². The van der Waals surface area contributed by atoms with E-state index in [1.165, 1.54) is 47.6 Å². The number of allylic oxidation sites excluding steroid dienone is 4. The summed E-state index contributed by atoms with van der Waals surface area (Å²) in [6.45, 7) is 0.865. The van der Waals surface area contributed by atoms with Crippen molar-refractivity contribution in [2.45, 2.75) is 19.4 Å². The third-order valence-electron chi connectivity index (χ3n) is 10.3. The summed E-state index contributed by atoms with van der Waals surface area (Å²) < 4.78 is 7.31. The lowest BCUT2D eigenvalue weighted by Gasteiger charge is -2.15. The maximum atomic E-state index is 10.1. The van der Waals surface area contributed by atoms with Crippen molar-refractivity contribution in [2.75, 3.05) is 0 Å². The Kier molecular flexibility index (Phi) is 6.33. The van der Waals surface area contributed by atoms with E-state index in [0.717, 1.165) is 58.0 Å². The molecule has 0 unspecified atom stereocenters. The number of hydrogen-bond acceptors (Lipinski definition) is 3. The van der Waals surface area contributed by atoms with Gasteiger partial charge in [-0.1, -0.05) is 90.5 Å². The summed E-state index contributed by atoms with van der Waals surface area (Å²) >= 11 is 1.85. The largest absolute Gasteiger partial charge is 0.335 e. The maximum absolute atomic E-state index is 10.1. The molecule has 3 aromatic heterocycles. The van der Waals surface area contributed by atoms with Crippen LogP contribution in [0.5, 0.6) is 0 Å². The predicted molar refractivity (Wildman–Crippen MR) is 208 cm³/mol. The Hall–Kier alpha value is -6.40. The standard InChI is InChI=1S/C45H28N4S/c46-25-29-17-21-41-37(23-29)32-12-5-7-16-40(32)49(41)42-22-18-30(26-47)24-38(42)35-14-8-13-34-36-20-19-33-31-11-4-6-15-39(31)48(27-28-9-2-1-3-10-28)43(33)45(36)50-44(34)35/h1-2,4-9,11-24H,3,10,27H2. The fraction of sp³-hybridized carbons (Fsp3) is 0.0667. The third kappa shape index (κ3) is 4.15. The Morgan fingerprint density at radius 2 is 1.30 bits per heavy atom. The summed E-state index contributed by atoms with van der Waals surface area (Å²) in [5.41, 5.74) is 10.4. The van der Waals surface area contributed by atoms with Crippen LogP contribution in [0.3, 0.4) is 0 Å². The van der Waals surface area contributed by atoms with E-state index >= 15 is 0 Å². The number of rotatable bonds is 4. The molecule has 5 heteroatoms. The van der Waals surface area contributed by atoms with E-state index in [2.05, 4.69) is 118 Å². The van der Waals surface area contributed by atoms with Crippen LogP contribution in [-0.2, 0) is 6.54 Å². The molecule has 0 aliphatic heterocycles. The van der Waals surface area contributed by atoms with Crippen LogP contribution in [0.25, 0.3) is 80.6 Å². The number of nitriles is 2. The molecule has 0 atom stereocenters. The minimum absolute atomic E-state index is 0.617. The van der Waals surface area contributed by atoms with Crippen LogP contribution in [0.15, 0.2) is 139 Å². The zero-order chi connectivity index (χ0) is 33.3. The van der Waals surface area contributed by atoms with Gasteiger partial charge in [0.05, 0.1) is 50.2 Å². The van der Waals surface area contributed by atoms with Crippen molar-refractivity contribution in [1.82, 2.24) is 9.13 Å². The van der Waals surface area contributed by atoms with Crippen LogP contribution < -0.4 is 0 Å². The molecule has 50 heavy (non-hydrogen) atoms. The van der Waals surface area contributed by atoms with Gasteiger partial charge in [-0.25, -0.2) is 0 Å². The molecule has 10 rings (SSSR count). The SMILES string of the molecule is N#Cc1ccc(-n2c3ccccc3c3cc(C#N)ccc32)c(-c2cccc3c2sc2c3ccc3c4ccccc4n(CC4=CC=CCC4)c32)c1. The molecule has 0 fully saturated rings. The smallest absolute Gasteiger partial charge is 0.0991 e. The van der Waals surface area contributed by atoms with Crippen molar-refractivity contribution >= 4 is 75.1 Å². The van der Waals surface area contributed by atoms with Crippen LogP contribution in [0, 0.1) is 22.7 Å². The molecule has 4 nitrogen and oxygen atoms in total. The molecule has 0 spiro atoms. The fourth-order valence-corrected chi connectivity index (χ4v) is 9.46. The molecule has 0 N–H and O–H groups in total. The molecule has 1 aliphatic rings. The van der Waals surface area contributed by atoms with Crippen molar-refractivity contribution in [3.05, 3.63) is 150 Å². The first kappa shape index (κ1) is 28.6. The molecule has 0 saturated carbocycles. The number of hydrogen-bond donors (Lipinski definition) is 0. The van der Waals surface area contributed by atoms with Gasteiger partial charge in [0, 0.05) is 60.2 Å². The van der Waals surface area contributed by atoms with Crippen molar-refractivity contribution in [1.29, 1.82) is 10.5 Å². The number of benzene rings is 6. The number of nitrogens with zero attached hydrogens (tertiary/aromatic N) is 4. The highest BCUT2D eigenvalue weighted by Gasteiger charge is 2.22. The normalized spacial score (nSPS) is 13.1. The van der Waals surface area contributed by atoms with Crippen LogP contribution in [0.4, 0.5) is 0 Å². The second-order valence-corrected chi connectivity index (χ2v) is 14.1. The van der Waals surface area contributed by atoms with Gasteiger partial charge in [-0.05, 0) is 61.4 Å². The molecule has 3 heterocycles. The summed E-state index contributed by atoms with van der Waals surface area (Å²) in [4.78, 5) is 0. The molecule has 9 aromatic rings. The van der Waals surface area contributed by atoms with Gasteiger partial charge in [-0.15, -0.1) is 11.3 Å². The number of aromatic nitrogens is 2. The molecule has 6 aromatic carbocycles. The van der Waals surface area contributed by atoms with Gasteiger partial charge >= 0.3 is 0 Å². The first-order valence-electron chi connectivity index (χ1n) is 16.9. The van der Waals surface area contributed by atoms with Gasteiger partial charge in [-0.2, -0.15) is 10.5 Å². The zero-order valence-corrected chi connectivity index (χ0v) is 27.8. The molecular formula is C45H28N4S. The first-order valence-corrected chi connectivity index (χ1v) is 17.7. The molecule has 234 valence electrons. The minimum atomic E-state index is 0.617. The van der Waals surface area contributed by atoms with Gasteiger partial charge in [-0.3, -0.25) is 0 Å². The van der Waals surface area contributed by atoms with E-state index in [1.54, 1.807) is 0 Å². The van der Waals surface area contributed by atoms with Gasteiger partial charge in [0.1, 0.15) is 0 Å². The Morgan fingerprint density at radius 3 is 2.12 bits per heavy atom. The van der Waals surface area contributed by atoms with Gasteiger partial charge in [0.25, 0.3) is 0 Å². The number of para-hydroxylation sites is 2. The van der Waals surface area contributed by atoms with Crippen molar-refractivity contribution in [3.8, 4) is 29.0 Å². The maximum Gasteiger partial charge on any atom is 0.0991 e. The van der Waals surface area contributed by atoms with Crippen molar-refractivity contribution < 1.29 is 0 Å². The number of thiophene rings is 1. The predicted octanol–water partition coefficient (Wildman–Crippen LogP) is 11.9. The van der Waals surface area contributed by atoms with Gasteiger partial charge < -0.3 is 9.13 Å². The second kappa shape index (κ2) is 11.1. The Balaban J connectivity index is 1.28. The van der Waals surface area contributed by atoms with Crippen molar-refractivity contribution in [2.24, 2.45) is 0 Å². The fourth-order valence-electron chi connectivity index (χ4n) is 8.07. The van der Waals surface area contributed by atoms with E-state index in [-0.39, 0.29) is 0 Å². The summed E-state index contributed by atoms with van der Waals surface area (Å²) in [6.07, 6.45) is 8.89. The second-order valence-electron chi connectivity index (χ2n) is 13.1. The first-order chi connectivity index (χ1) is 24.7. The summed E-state index contributed by atoms with van der Waals surface area (Å²) in [5.74, 6) is 0. The highest BCUT2D eigenvalue weighted by molar-refractivity contribution is 7.27.